The molecule has 0 aromatic heterocycles. The van der Waals surface area contributed by atoms with E-state index in [4.69, 9.17) is 10.2 Å². The molecule has 0 aromatic carbocycles. The molecule has 1 amide bonds. The van der Waals surface area contributed by atoms with Crippen molar-refractivity contribution >= 4 is 17.8 Å². The van der Waals surface area contributed by atoms with Gasteiger partial charge in [-0.1, -0.05) is 12.8 Å². The van der Waals surface area contributed by atoms with E-state index in [1.165, 1.54) is 0 Å². The van der Waals surface area contributed by atoms with Crippen LogP contribution in [0.2, 0.25) is 0 Å². The molecule has 0 spiro atoms. The van der Waals surface area contributed by atoms with Crippen LogP contribution in [-0.4, -0.2) is 33.6 Å². The third kappa shape index (κ3) is 2.45. The molecule has 6 heteroatoms. The monoisotopic (exact) mass is 215 g/mol. The van der Waals surface area contributed by atoms with E-state index in [0.29, 0.717) is 0 Å². The van der Waals surface area contributed by atoms with E-state index in [1.54, 1.807) is 0 Å². The van der Waals surface area contributed by atoms with Gasteiger partial charge < -0.3 is 15.5 Å². The van der Waals surface area contributed by atoms with Crippen LogP contribution in [0.15, 0.2) is 0 Å². The van der Waals surface area contributed by atoms with Crippen LogP contribution < -0.4 is 5.32 Å². The van der Waals surface area contributed by atoms with Crippen LogP contribution >= 0.6 is 0 Å². The van der Waals surface area contributed by atoms with Crippen molar-refractivity contribution in [3.05, 3.63) is 0 Å². The Hall–Kier alpha value is -1.59. The number of hydrogen-bond acceptors (Lipinski definition) is 3. The Balaban J connectivity index is 2.91. The fraction of sp³-hybridized carbons (Fsp3) is 0.667. The highest BCUT2D eigenvalue weighted by Gasteiger charge is 2.50. The molecule has 0 unspecified atom stereocenters. The summed E-state index contributed by atoms with van der Waals surface area (Å²) in [6.07, 6.45) is 1.60. The van der Waals surface area contributed by atoms with Gasteiger partial charge in [-0.3, -0.25) is 4.79 Å². The number of rotatable bonds is 5. The molecule has 0 aromatic rings. The molecule has 6 nitrogen and oxygen atoms in total. The molecular formula is C9H13NO5. The molecule has 15 heavy (non-hydrogen) atoms. The highest BCUT2D eigenvalue weighted by atomic mass is 16.4. The maximum atomic E-state index is 11.0. The van der Waals surface area contributed by atoms with E-state index < -0.39 is 23.4 Å². The van der Waals surface area contributed by atoms with Crippen LogP contribution in [0, 0.1) is 5.92 Å². The molecule has 1 saturated carbocycles. The molecule has 0 heterocycles. The van der Waals surface area contributed by atoms with Crippen molar-refractivity contribution < 1.29 is 24.6 Å². The summed E-state index contributed by atoms with van der Waals surface area (Å²) in [4.78, 5) is 32.8. The minimum atomic E-state index is -2.16. The van der Waals surface area contributed by atoms with E-state index in [0.717, 1.165) is 19.8 Å². The van der Waals surface area contributed by atoms with Crippen molar-refractivity contribution in [3.63, 3.8) is 0 Å². The third-order valence-corrected chi connectivity index (χ3v) is 2.41. The van der Waals surface area contributed by atoms with Gasteiger partial charge in [0.05, 0.1) is 0 Å². The van der Waals surface area contributed by atoms with Crippen LogP contribution in [0.5, 0.6) is 0 Å². The topological polar surface area (TPSA) is 104 Å². The van der Waals surface area contributed by atoms with Crippen molar-refractivity contribution in [2.45, 2.75) is 31.7 Å². The first-order chi connectivity index (χ1) is 6.88. The second-order valence-corrected chi connectivity index (χ2v) is 3.84. The SMILES string of the molecule is CC(=O)NC(CC1CC1)(C(=O)O)C(=O)O. The molecule has 0 aliphatic heterocycles. The minimum absolute atomic E-state index is 0.0444. The van der Waals surface area contributed by atoms with Crippen molar-refractivity contribution in [2.24, 2.45) is 5.92 Å². The number of carbonyl (C=O) groups is 3. The molecule has 0 radical (unpaired) electrons. The van der Waals surface area contributed by atoms with Crippen LogP contribution in [0.3, 0.4) is 0 Å². The lowest BCUT2D eigenvalue weighted by atomic mass is 9.92. The van der Waals surface area contributed by atoms with E-state index in [9.17, 15) is 14.4 Å². The predicted molar refractivity (Wildman–Crippen MR) is 49.2 cm³/mol. The molecule has 84 valence electrons. The number of carboxylic acid groups (broad SMARTS) is 2. The van der Waals surface area contributed by atoms with Crippen molar-refractivity contribution in [1.29, 1.82) is 0 Å². The highest BCUT2D eigenvalue weighted by molar-refractivity contribution is 6.06. The number of aliphatic carboxylic acids is 2. The molecule has 3 N–H and O–H groups in total. The Morgan fingerprint density at radius 2 is 1.73 bits per heavy atom. The lowest BCUT2D eigenvalue weighted by molar-refractivity contribution is -0.161. The second kappa shape index (κ2) is 3.88. The minimum Gasteiger partial charge on any atom is -0.479 e. The Morgan fingerprint density at radius 1 is 1.27 bits per heavy atom. The van der Waals surface area contributed by atoms with Crippen LogP contribution in [0.1, 0.15) is 26.2 Å². The summed E-state index contributed by atoms with van der Waals surface area (Å²) >= 11 is 0. The molecule has 0 atom stereocenters. The van der Waals surface area contributed by atoms with Gasteiger partial charge in [-0.25, -0.2) is 9.59 Å². The largest absolute Gasteiger partial charge is 0.479 e. The summed E-state index contributed by atoms with van der Waals surface area (Å²) < 4.78 is 0. The second-order valence-electron chi connectivity index (χ2n) is 3.84. The van der Waals surface area contributed by atoms with Gasteiger partial charge in [0.25, 0.3) is 0 Å². The molecular weight excluding hydrogens is 202 g/mol. The quantitative estimate of drug-likeness (QED) is 0.552. The van der Waals surface area contributed by atoms with Crippen molar-refractivity contribution in [1.82, 2.24) is 5.32 Å². The smallest absolute Gasteiger partial charge is 0.341 e. The fourth-order valence-corrected chi connectivity index (χ4v) is 1.48. The standard InChI is InChI=1S/C9H13NO5/c1-5(11)10-9(7(12)13,8(14)15)4-6-2-3-6/h6H,2-4H2,1H3,(H,10,11)(H,12,13)(H,14,15). The lowest BCUT2D eigenvalue weighted by Crippen LogP contribution is -2.60. The van der Waals surface area contributed by atoms with Gasteiger partial charge in [-0.15, -0.1) is 0 Å². The van der Waals surface area contributed by atoms with E-state index in [-0.39, 0.29) is 12.3 Å². The number of carbonyl (C=O) groups excluding carboxylic acids is 1. The van der Waals surface area contributed by atoms with Gasteiger partial charge >= 0.3 is 11.9 Å². The molecule has 1 aliphatic rings. The third-order valence-electron chi connectivity index (χ3n) is 2.41. The molecule has 1 rings (SSSR count). The Kier molecular flexibility index (Phi) is 2.97. The van der Waals surface area contributed by atoms with Crippen LogP contribution in [-0.2, 0) is 14.4 Å². The van der Waals surface area contributed by atoms with E-state index in [1.807, 2.05) is 5.32 Å². The number of carboxylic acids is 2. The summed E-state index contributed by atoms with van der Waals surface area (Å²) in [5.41, 5.74) is -2.16. The van der Waals surface area contributed by atoms with Crippen LogP contribution in [0.4, 0.5) is 0 Å². The lowest BCUT2D eigenvalue weighted by Gasteiger charge is -2.25. The number of nitrogens with one attached hydrogen (secondary N) is 1. The summed E-state index contributed by atoms with van der Waals surface area (Å²) in [6, 6.07) is 0. The maximum absolute atomic E-state index is 11.0. The zero-order valence-corrected chi connectivity index (χ0v) is 8.32. The Morgan fingerprint density at radius 3 is 2.00 bits per heavy atom. The first-order valence-electron chi connectivity index (χ1n) is 4.64. The number of amides is 1. The average molecular weight is 215 g/mol. The molecule has 0 bridgehead atoms. The van der Waals surface area contributed by atoms with Gasteiger partial charge in [0.2, 0.25) is 11.4 Å². The summed E-state index contributed by atoms with van der Waals surface area (Å²) in [7, 11) is 0. The van der Waals surface area contributed by atoms with Gasteiger partial charge in [0.1, 0.15) is 0 Å². The highest BCUT2D eigenvalue weighted by Crippen LogP contribution is 2.37. The summed E-state index contributed by atoms with van der Waals surface area (Å²) in [6.45, 7) is 1.10. The zero-order chi connectivity index (χ0) is 11.6. The predicted octanol–water partition coefficient (Wildman–Crippen LogP) is -0.169. The first kappa shape index (κ1) is 11.5. The normalized spacial score (nSPS) is 15.8. The van der Waals surface area contributed by atoms with Crippen LogP contribution in [0.25, 0.3) is 0 Å². The summed E-state index contributed by atoms with van der Waals surface area (Å²) in [5.74, 6) is -3.60. The van der Waals surface area contributed by atoms with Crippen molar-refractivity contribution in [3.8, 4) is 0 Å². The van der Waals surface area contributed by atoms with E-state index >= 15 is 0 Å². The number of hydrogen-bond donors (Lipinski definition) is 3. The molecule has 1 fully saturated rings. The Labute approximate surface area is 86.3 Å². The van der Waals surface area contributed by atoms with Crippen molar-refractivity contribution in [2.75, 3.05) is 0 Å². The summed E-state index contributed by atoms with van der Waals surface area (Å²) in [5, 5.41) is 19.9. The fourth-order valence-electron chi connectivity index (χ4n) is 1.48. The molecule has 1 aliphatic carbocycles. The Bertz CT molecular complexity index is 294. The zero-order valence-electron chi connectivity index (χ0n) is 8.32. The van der Waals surface area contributed by atoms with Gasteiger partial charge in [-0.2, -0.15) is 0 Å². The first-order valence-corrected chi connectivity index (χ1v) is 4.64. The van der Waals surface area contributed by atoms with Gasteiger partial charge in [0.15, 0.2) is 0 Å². The molecule has 0 saturated heterocycles. The van der Waals surface area contributed by atoms with E-state index in [2.05, 4.69) is 0 Å². The van der Waals surface area contributed by atoms with Gasteiger partial charge in [-0.05, 0) is 12.3 Å². The van der Waals surface area contributed by atoms with Gasteiger partial charge in [0, 0.05) is 6.92 Å². The average Bonchev–Trinajstić information content (AvgIpc) is 2.85. The maximum Gasteiger partial charge on any atom is 0.341 e.